The lowest BCUT2D eigenvalue weighted by molar-refractivity contribution is 0.447. The molecule has 0 saturated carbocycles. The predicted molar refractivity (Wildman–Crippen MR) is 56.0 cm³/mol. The molecule has 0 heterocycles. The Labute approximate surface area is 84.1 Å². The van der Waals surface area contributed by atoms with Gasteiger partial charge in [-0.05, 0) is 18.6 Å². The van der Waals surface area contributed by atoms with Gasteiger partial charge in [0, 0.05) is 0 Å². The Morgan fingerprint density at radius 1 is 1.29 bits per heavy atom. The van der Waals surface area contributed by atoms with E-state index < -0.39 is 10.1 Å². The molecule has 1 aromatic carbocycles. The molecule has 0 aliphatic rings. The van der Waals surface area contributed by atoms with Gasteiger partial charge in [0.25, 0.3) is 0 Å². The Bertz CT molecular complexity index is 393. The van der Waals surface area contributed by atoms with Gasteiger partial charge in [0.1, 0.15) is 6.26 Å². The fourth-order valence-electron chi connectivity index (χ4n) is 0.823. The summed E-state index contributed by atoms with van der Waals surface area (Å²) in [5.74, 6) is -0.0217. The molecule has 14 heavy (non-hydrogen) atoms. The fraction of sp³-hybridized carbons (Fsp3) is 0.200. The maximum Gasteiger partial charge on any atom is 0.308 e. The van der Waals surface area contributed by atoms with E-state index in [2.05, 4.69) is 4.18 Å². The van der Waals surface area contributed by atoms with Gasteiger partial charge in [0.2, 0.25) is 0 Å². The Morgan fingerprint density at radius 3 is 2.50 bits per heavy atom. The SMILES string of the molecule is CCS(=O)(=O)OC=Cc1ccccc1. The van der Waals surface area contributed by atoms with E-state index in [-0.39, 0.29) is 5.75 Å². The first kappa shape index (κ1) is 10.8. The van der Waals surface area contributed by atoms with Crippen molar-refractivity contribution in [1.82, 2.24) is 0 Å². The summed E-state index contributed by atoms with van der Waals surface area (Å²) in [5, 5.41) is 0. The predicted octanol–water partition coefficient (Wildman–Crippen LogP) is 2.02. The summed E-state index contributed by atoms with van der Waals surface area (Å²) in [6.45, 7) is 1.53. The zero-order chi connectivity index (χ0) is 10.4. The summed E-state index contributed by atoms with van der Waals surface area (Å²) in [6, 6.07) is 9.35. The lowest BCUT2D eigenvalue weighted by Gasteiger charge is -1.97. The van der Waals surface area contributed by atoms with Gasteiger partial charge >= 0.3 is 10.1 Å². The molecule has 0 atom stereocenters. The summed E-state index contributed by atoms with van der Waals surface area (Å²) < 4.78 is 26.4. The fourth-order valence-corrected chi connectivity index (χ4v) is 1.18. The number of hydrogen-bond acceptors (Lipinski definition) is 3. The van der Waals surface area contributed by atoms with Crippen LogP contribution in [-0.2, 0) is 14.3 Å². The maximum atomic E-state index is 10.9. The van der Waals surface area contributed by atoms with Crippen molar-refractivity contribution in [2.24, 2.45) is 0 Å². The molecule has 0 radical (unpaired) electrons. The van der Waals surface area contributed by atoms with E-state index in [4.69, 9.17) is 0 Å². The molecule has 4 heteroatoms. The van der Waals surface area contributed by atoms with E-state index in [0.717, 1.165) is 5.56 Å². The first-order chi connectivity index (χ1) is 6.64. The van der Waals surface area contributed by atoms with Gasteiger partial charge in [-0.25, -0.2) is 0 Å². The molecule has 0 aliphatic carbocycles. The second-order valence-corrected chi connectivity index (χ2v) is 4.54. The molecular weight excluding hydrogens is 200 g/mol. The highest BCUT2D eigenvalue weighted by Gasteiger charge is 2.03. The van der Waals surface area contributed by atoms with E-state index in [1.807, 2.05) is 30.3 Å². The molecule has 1 rings (SSSR count). The Hall–Kier alpha value is -1.29. The first-order valence-corrected chi connectivity index (χ1v) is 5.84. The van der Waals surface area contributed by atoms with Crippen LogP contribution in [0.3, 0.4) is 0 Å². The van der Waals surface area contributed by atoms with E-state index in [1.165, 1.54) is 13.2 Å². The lowest BCUT2D eigenvalue weighted by atomic mass is 10.2. The van der Waals surface area contributed by atoms with Crippen LogP contribution in [-0.4, -0.2) is 14.2 Å². The van der Waals surface area contributed by atoms with Crippen molar-refractivity contribution in [3.63, 3.8) is 0 Å². The van der Waals surface area contributed by atoms with E-state index >= 15 is 0 Å². The van der Waals surface area contributed by atoms with E-state index in [9.17, 15) is 8.42 Å². The molecule has 0 aromatic heterocycles. The maximum absolute atomic E-state index is 10.9. The molecule has 0 unspecified atom stereocenters. The monoisotopic (exact) mass is 212 g/mol. The van der Waals surface area contributed by atoms with Gasteiger partial charge < -0.3 is 4.18 Å². The molecule has 3 nitrogen and oxygen atoms in total. The van der Waals surface area contributed by atoms with Crippen LogP contribution in [0, 0.1) is 0 Å². The normalized spacial score (nSPS) is 11.8. The number of rotatable bonds is 4. The van der Waals surface area contributed by atoms with Gasteiger partial charge in [-0.2, -0.15) is 8.42 Å². The van der Waals surface area contributed by atoms with Crippen LogP contribution in [0.5, 0.6) is 0 Å². The van der Waals surface area contributed by atoms with Crippen molar-refractivity contribution in [1.29, 1.82) is 0 Å². The van der Waals surface area contributed by atoms with Crippen molar-refractivity contribution in [2.75, 3.05) is 5.75 Å². The molecule has 1 aromatic rings. The topological polar surface area (TPSA) is 43.4 Å². The number of hydrogen-bond donors (Lipinski definition) is 0. The van der Waals surface area contributed by atoms with Crippen molar-refractivity contribution < 1.29 is 12.6 Å². The summed E-state index contributed by atoms with van der Waals surface area (Å²) in [6.07, 6.45) is 2.79. The zero-order valence-electron chi connectivity index (χ0n) is 7.88. The van der Waals surface area contributed by atoms with Crippen molar-refractivity contribution in [3.8, 4) is 0 Å². The molecular formula is C10H12O3S. The molecule has 0 saturated heterocycles. The van der Waals surface area contributed by atoms with Crippen LogP contribution in [0.4, 0.5) is 0 Å². The Kier molecular flexibility index (Phi) is 3.71. The second kappa shape index (κ2) is 4.81. The summed E-state index contributed by atoms with van der Waals surface area (Å²) in [4.78, 5) is 0. The second-order valence-electron chi connectivity index (χ2n) is 2.66. The van der Waals surface area contributed by atoms with Gasteiger partial charge in [0.15, 0.2) is 0 Å². The van der Waals surface area contributed by atoms with Crippen LogP contribution < -0.4 is 0 Å². The Morgan fingerprint density at radius 2 is 1.93 bits per heavy atom. The third-order valence-electron chi connectivity index (χ3n) is 1.62. The minimum Gasteiger partial charge on any atom is -0.390 e. The average Bonchev–Trinajstić information content (AvgIpc) is 2.19. The van der Waals surface area contributed by atoms with Crippen LogP contribution in [0.2, 0.25) is 0 Å². The zero-order valence-corrected chi connectivity index (χ0v) is 8.70. The van der Waals surface area contributed by atoms with Crippen LogP contribution >= 0.6 is 0 Å². The van der Waals surface area contributed by atoms with Crippen molar-refractivity contribution in [2.45, 2.75) is 6.92 Å². The third kappa shape index (κ3) is 3.62. The first-order valence-electron chi connectivity index (χ1n) is 4.26. The standard InChI is InChI=1S/C10H12O3S/c1-2-14(11,12)13-9-8-10-6-4-3-5-7-10/h3-9H,2H2,1H3. The van der Waals surface area contributed by atoms with Crippen LogP contribution in [0.1, 0.15) is 12.5 Å². The third-order valence-corrected chi connectivity index (χ3v) is 2.73. The van der Waals surface area contributed by atoms with Crippen molar-refractivity contribution >= 4 is 16.2 Å². The minimum atomic E-state index is -3.38. The highest BCUT2D eigenvalue weighted by molar-refractivity contribution is 7.86. The lowest BCUT2D eigenvalue weighted by Crippen LogP contribution is -2.03. The summed E-state index contributed by atoms with van der Waals surface area (Å²) >= 11 is 0. The van der Waals surface area contributed by atoms with Gasteiger partial charge in [-0.1, -0.05) is 30.3 Å². The Balaban J connectivity index is 2.59. The summed E-state index contributed by atoms with van der Waals surface area (Å²) in [5.41, 5.74) is 0.902. The molecule has 0 aliphatic heterocycles. The van der Waals surface area contributed by atoms with Crippen molar-refractivity contribution in [3.05, 3.63) is 42.2 Å². The quantitative estimate of drug-likeness (QED) is 0.566. The molecule has 76 valence electrons. The molecule has 0 fully saturated rings. The van der Waals surface area contributed by atoms with Crippen LogP contribution in [0.25, 0.3) is 6.08 Å². The highest BCUT2D eigenvalue weighted by atomic mass is 32.2. The van der Waals surface area contributed by atoms with E-state index in [1.54, 1.807) is 6.08 Å². The van der Waals surface area contributed by atoms with Gasteiger partial charge in [-0.3, -0.25) is 0 Å². The van der Waals surface area contributed by atoms with Gasteiger partial charge in [0.05, 0.1) is 5.75 Å². The minimum absolute atomic E-state index is 0.0217. The molecule has 0 N–H and O–H groups in total. The van der Waals surface area contributed by atoms with E-state index in [0.29, 0.717) is 0 Å². The average molecular weight is 212 g/mol. The van der Waals surface area contributed by atoms with Gasteiger partial charge in [-0.15, -0.1) is 0 Å². The largest absolute Gasteiger partial charge is 0.390 e. The smallest absolute Gasteiger partial charge is 0.308 e. The highest BCUT2D eigenvalue weighted by Crippen LogP contribution is 2.02. The number of benzene rings is 1. The molecule has 0 spiro atoms. The molecule has 0 bridgehead atoms. The van der Waals surface area contributed by atoms with Crippen LogP contribution in [0.15, 0.2) is 36.6 Å². The molecule has 0 amide bonds. The summed E-state index contributed by atoms with van der Waals surface area (Å²) in [7, 11) is -3.38.